The molecule has 1 aromatic carbocycles. The predicted octanol–water partition coefficient (Wildman–Crippen LogP) is 3.61. The quantitative estimate of drug-likeness (QED) is 0.876. The van der Waals surface area contributed by atoms with Gasteiger partial charge in [0, 0.05) is 39.4 Å². The highest BCUT2D eigenvalue weighted by Gasteiger charge is 2.10. The summed E-state index contributed by atoms with van der Waals surface area (Å²) in [5, 5.41) is 7.67. The Balaban J connectivity index is 2.03. The van der Waals surface area contributed by atoms with Crippen LogP contribution in [0.2, 0.25) is 0 Å². The molecule has 0 saturated heterocycles. The van der Waals surface area contributed by atoms with Gasteiger partial charge in [-0.2, -0.15) is 0 Å². The molecule has 2 rings (SSSR count). The van der Waals surface area contributed by atoms with Crippen LogP contribution in [-0.2, 0) is 10.8 Å². The van der Waals surface area contributed by atoms with E-state index in [2.05, 4.69) is 29.0 Å². The normalized spacial score (nSPS) is 13.4. The Morgan fingerprint density at radius 2 is 2.14 bits per heavy atom. The fraction of sp³-hybridized carbons (Fsp3) is 0.312. The monoisotopic (exact) mass is 336 g/mol. The molecule has 118 valence electrons. The molecule has 4 nitrogen and oxygen atoms in total. The number of amides is 2. The molecule has 1 heterocycles. The first-order valence-electron chi connectivity index (χ1n) is 6.98. The summed E-state index contributed by atoms with van der Waals surface area (Å²) in [7, 11) is -0.926. The van der Waals surface area contributed by atoms with Gasteiger partial charge in [0.25, 0.3) is 0 Å². The van der Waals surface area contributed by atoms with Crippen LogP contribution in [0.15, 0.2) is 35.7 Å². The minimum Gasteiger partial charge on any atom is -0.334 e. The van der Waals surface area contributed by atoms with Crippen LogP contribution in [0.25, 0.3) is 10.4 Å². The summed E-state index contributed by atoms with van der Waals surface area (Å²) in [5.74, 6) is 0.446. The van der Waals surface area contributed by atoms with Crippen molar-refractivity contribution >= 4 is 33.9 Å². The number of aryl methyl sites for hydroxylation is 1. The van der Waals surface area contributed by atoms with E-state index in [-0.39, 0.29) is 12.1 Å². The van der Waals surface area contributed by atoms with Crippen LogP contribution in [0, 0.1) is 6.92 Å². The molecule has 2 unspecified atom stereocenters. The van der Waals surface area contributed by atoms with Gasteiger partial charge >= 0.3 is 6.03 Å². The molecule has 0 aliphatic heterocycles. The lowest BCUT2D eigenvalue weighted by molar-refractivity contribution is 0.250. The number of nitrogens with one attached hydrogen (secondary N) is 2. The molecule has 2 aromatic rings. The second-order valence-electron chi connectivity index (χ2n) is 5.25. The Kier molecular flexibility index (Phi) is 5.74. The van der Waals surface area contributed by atoms with E-state index in [0.717, 1.165) is 11.3 Å². The summed E-state index contributed by atoms with van der Waals surface area (Å²) in [4.78, 5) is 13.2. The van der Waals surface area contributed by atoms with Crippen LogP contribution in [0.5, 0.6) is 0 Å². The van der Waals surface area contributed by atoms with Crippen LogP contribution >= 0.6 is 11.3 Å². The van der Waals surface area contributed by atoms with E-state index in [4.69, 9.17) is 0 Å². The first-order chi connectivity index (χ1) is 10.5. The second-order valence-corrected chi connectivity index (χ2v) is 7.65. The van der Waals surface area contributed by atoms with Crippen LogP contribution < -0.4 is 10.6 Å². The molecular weight excluding hydrogens is 316 g/mol. The molecule has 2 amide bonds. The minimum absolute atomic E-state index is 0.131. The molecule has 2 N–H and O–H groups in total. The standard InChI is InChI=1S/C16H20N2O2S2/c1-11-7-8-21-15(11)13-5-4-6-14(9-13)18-16(19)17-12(2)10-22(3)20/h4-9,12H,10H2,1-3H3,(H2,17,18,19). The van der Waals surface area contributed by atoms with Crippen molar-refractivity contribution in [3.8, 4) is 10.4 Å². The van der Waals surface area contributed by atoms with Gasteiger partial charge in [-0.15, -0.1) is 11.3 Å². The summed E-state index contributed by atoms with van der Waals surface area (Å²) < 4.78 is 11.1. The molecule has 0 fully saturated rings. The van der Waals surface area contributed by atoms with Gasteiger partial charge in [0.1, 0.15) is 0 Å². The lowest BCUT2D eigenvalue weighted by atomic mass is 10.1. The lowest BCUT2D eigenvalue weighted by Gasteiger charge is -2.13. The van der Waals surface area contributed by atoms with E-state index in [1.807, 2.05) is 31.2 Å². The molecule has 2 atom stereocenters. The van der Waals surface area contributed by atoms with Crippen molar-refractivity contribution in [2.24, 2.45) is 0 Å². The fourth-order valence-corrected chi connectivity index (χ4v) is 3.90. The number of thiophene rings is 1. The van der Waals surface area contributed by atoms with Crippen molar-refractivity contribution < 1.29 is 9.00 Å². The Hall–Kier alpha value is -1.66. The summed E-state index contributed by atoms with van der Waals surface area (Å²) in [5.41, 5.74) is 3.06. The molecular formula is C16H20N2O2S2. The highest BCUT2D eigenvalue weighted by atomic mass is 32.2. The molecule has 0 bridgehead atoms. The Bertz CT molecular complexity index is 682. The minimum atomic E-state index is -0.926. The molecule has 0 radical (unpaired) electrons. The highest BCUT2D eigenvalue weighted by molar-refractivity contribution is 7.84. The molecule has 0 spiro atoms. The maximum atomic E-state index is 12.0. The van der Waals surface area contributed by atoms with Crippen molar-refractivity contribution in [3.63, 3.8) is 0 Å². The Labute approximate surface area is 137 Å². The van der Waals surface area contributed by atoms with Gasteiger partial charge in [0.05, 0.1) is 0 Å². The molecule has 22 heavy (non-hydrogen) atoms. The third-order valence-electron chi connectivity index (χ3n) is 3.11. The van der Waals surface area contributed by atoms with Crippen molar-refractivity contribution in [2.45, 2.75) is 19.9 Å². The average Bonchev–Trinajstić information content (AvgIpc) is 2.84. The maximum Gasteiger partial charge on any atom is 0.319 e. The second kappa shape index (κ2) is 7.56. The lowest BCUT2D eigenvalue weighted by Crippen LogP contribution is -2.39. The topological polar surface area (TPSA) is 58.2 Å². The zero-order valence-electron chi connectivity index (χ0n) is 12.9. The third kappa shape index (κ3) is 4.68. The summed E-state index contributed by atoms with van der Waals surface area (Å²) >= 11 is 1.69. The number of anilines is 1. The summed E-state index contributed by atoms with van der Waals surface area (Å²) in [6, 6.07) is 9.45. The zero-order chi connectivity index (χ0) is 16.1. The molecule has 0 saturated carbocycles. The Morgan fingerprint density at radius 1 is 1.36 bits per heavy atom. The number of carbonyl (C=O) groups excluding carboxylic acids is 1. The SMILES string of the molecule is Cc1ccsc1-c1cccc(NC(=O)NC(C)CS(C)=O)c1. The van der Waals surface area contributed by atoms with E-state index < -0.39 is 10.8 Å². The van der Waals surface area contributed by atoms with Gasteiger partial charge in [-0.1, -0.05) is 12.1 Å². The molecule has 1 aromatic heterocycles. The van der Waals surface area contributed by atoms with Crippen molar-refractivity contribution in [2.75, 3.05) is 17.3 Å². The number of hydrogen-bond donors (Lipinski definition) is 2. The number of hydrogen-bond acceptors (Lipinski definition) is 3. The maximum absolute atomic E-state index is 12.0. The van der Waals surface area contributed by atoms with E-state index in [1.165, 1.54) is 10.4 Å². The highest BCUT2D eigenvalue weighted by Crippen LogP contribution is 2.30. The molecule has 6 heteroatoms. The zero-order valence-corrected chi connectivity index (χ0v) is 14.5. The van der Waals surface area contributed by atoms with Gasteiger partial charge in [0.2, 0.25) is 0 Å². The van der Waals surface area contributed by atoms with Crippen LogP contribution in [-0.4, -0.2) is 28.3 Å². The van der Waals surface area contributed by atoms with E-state index >= 15 is 0 Å². The van der Waals surface area contributed by atoms with Crippen molar-refractivity contribution in [3.05, 3.63) is 41.3 Å². The number of urea groups is 1. The first-order valence-corrected chi connectivity index (χ1v) is 9.58. The van der Waals surface area contributed by atoms with Crippen LogP contribution in [0.1, 0.15) is 12.5 Å². The van der Waals surface area contributed by atoms with Gasteiger partial charge < -0.3 is 10.6 Å². The number of benzene rings is 1. The first kappa shape index (κ1) is 16.7. The largest absolute Gasteiger partial charge is 0.334 e. The van der Waals surface area contributed by atoms with Gasteiger partial charge in [-0.05, 0) is 48.6 Å². The Morgan fingerprint density at radius 3 is 2.77 bits per heavy atom. The fourth-order valence-electron chi connectivity index (χ4n) is 2.19. The van der Waals surface area contributed by atoms with E-state index in [0.29, 0.717) is 5.75 Å². The van der Waals surface area contributed by atoms with E-state index in [9.17, 15) is 9.00 Å². The number of carbonyl (C=O) groups is 1. The van der Waals surface area contributed by atoms with Crippen molar-refractivity contribution in [1.82, 2.24) is 5.32 Å². The average molecular weight is 336 g/mol. The van der Waals surface area contributed by atoms with Gasteiger partial charge in [0.15, 0.2) is 0 Å². The smallest absolute Gasteiger partial charge is 0.319 e. The van der Waals surface area contributed by atoms with Crippen LogP contribution in [0.4, 0.5) is 10.5 Å². The van der Waals surface area contributed by atoms with Crippen LogP contribution in [0.3, 0.4) is 0 Å². The number of rotatable bonds is 5. The third-order valence-corrected chi connectivity index (χ3v) is 5.14. The molecule has 0 aliphatic carbocycles. The van der Waals surface area contributed by atoms with Crippen molar-refractivity contribution in [1.29, 1.82) is 0 Å². The van der Waals surface area contributed by atoms with Gasteiger partial charge in [-0.3, -0.25) is 4.21 Å². The summed E-state index contributed by atoms with van der Waals surface area (Å²) in [6.45, 7) is 3.91. The predicted molar refractivity (Wildman–Crippen MR) is 95.0 cm³/mol. The summed E-state index contributed by atoms with van der Waals surface area (Å²) in [6.07, 6.45) is 1.63. The van der Waals surface area contributed by atoms with E-state index in [1.54, 1.807) is 17.6 Å². The molecule has 0 aliphatic rings. The van der Waals surface area contributed by atoms with Gasteiger partial charge in [-0.25, -0.2) is 4.79 Å².